The van der Waals surface area contributed by atoms with Gasteiger partial charge in [-0.2, -0.15) is 0 Å². The van der Waals surface area contributed by atoms with Crippen molar-refractivity contribution in [3.8, 4) is 0 Å². The van der Waals surface area contributed by atoms with Gasteiger partial charge in [0.2, 0.25) is 0 Å². The van der Waals surface area contributed by atoms with Crippen LogP contribution in [0.2, 0.25) is 18.1 Å². The van der Waals surface area contributed by atoms with E-state index < -0.39 is 8.32 Å². The second-order valence-corrected chi connectivity index (χ2v) is 11.9. The van der Waals surface area contributed by atoms with Crippen molar-refractivity contribution in [2.75, 3.05) is 13.7 Å². The molecule has 5 heteroatoms. The smallest absolute Gasteiger partial charge is 0.331 e. The van der Waals surface area contributed by atoms with Crippen molar-refractivity contribution < 1.29 is 14.0 Å². The number of carbonyl (C=O) groups excluding carboxylic acids is 1. The summed E-state index contributed by atoms with van der Waals surface area (Å²) in [5, 5.41) is 3.40. The molecule has 0 unspecified atom stereocenters. The number of methoxy groups -OCH3 is 1. The number of hydrogen-bond donors (Lipinski definition) is 1. The van der Waals surface area contributed by atoms with Crippen molar-refractivity contribution in [3.05, 3.63) is 48.2 Å². The topological polar surface area (TPSA) is 47.6 Å². The molecule has 0 saturated carbocycles. The van der Waals surface area contributed by atoms with E-state index in [4.69, 9.17) is 4.43 Å². The highest BCUT2D eigenvalue weighted by molar-refractivity contribution is 6.74. The Morgan fingerprint density at radius 2 is 1.87 bits per heavy atom. The van der Waals surface area contributed by atoms with Crippen LogP contribution in [-0.2, 0) is 14.0 Å². The highest BCUT2D eigenvalue weighted by atomic mass is 28.4. The summed E-state index contributed by atoms with van der Waals surface area (Å²) in [6.07, 6.45) is 3.00. The first-order chi connectivity index (χ1) is 10.7. The van der Waals surface area contributed by atoms with E-state index in [9.17, 15) is 4.79 Å². The molecule has 0 fully saturated rings. The zero-order valence-electron chi connectivity index (χ0n) is 15.1. The normalized spacial score (nSPS) is 13.8. The molecule has 0 saturated heterocycles. The summed E-state index contributed by atoms with van der Waals surface area (Å²) in [5.74, 6) is -0.380. The van der Waals surface area contributed by atoms with Gasteiger partial charge in [0.05, 0.1) is 19.8 Å². The second kappa shape index (κ2) is 8.31. The molecule has 23 heavy (non-hydrogen) atoms. The molecule has 1 aromatic rings. The lowest BCUT2D eigenvalue weighted by Gasteiger charge is -2.37. The minimum absolute atomic E-state index is 0.00812. The SMILES string of the molecule is COC(=O)/C=C/N[C@@H](CO[Si](C)(C)C(C)(C)C)c1ccccc1. The number of nitrogens with one attached hydrogen (secondary N) is 1. The van der Waals surface area contributed by atoms with Crippen LogP contribution in [0.15, 0.2) is 42.6 Å². The molecule has 128 valence electrons. The molecular weight excluding hydrogens is 306 g/mol. The van der Waals surface area contributed by atoms with Crippen LogP contribution in [0.1, 0.15) is 32.4 Å². The van der Waals surface area contributed by atoms with Gasteiger partial charge in [-0.05, 0) is 23.7 Å². The summed E-state index contributed by atoms with van der Waals surface area (Å²) in [7, 11) is -0.461. The summed E-state index contributed by atoms with van der Waals surface area (Å²) in [6, 6.07) is 10.1. The molecule has 0 heterocycles. The molecular formula is C18H29NO3Si. The van der Waals surface area contributed by atoms with Gasteiger partial charge in [0.15, 0.2) is 8.32 Å². The van der Waals surface area contributed by atoms with E-state index in [1.165, 1.54) is 13.2 Å². The maximum absolute atomic E-state index is 11.2. The molecule has 0 spiro atoms. The third kappa shape index (κ3) is 6.20. The summed E-state index contributed by atoms with van der Waals surface area (Å²) < 4.78 is 10.9. The largest absolute Gasteiger partial charge is 0.466 e. The highest BCUT2D eigenvalue weighted by Crippen LogP contribution is 2.37. The predicted molar refractivity (Wildman–Crippen MR) is 96.6 cm³/mol. The lowest BCUT2D eigenvalue weighted by molar-refractivity contribution is -0.134. The maximum Gasteiger partial charge on any atom is 0.331 e. The molecule has 0 amide bonds. The fourth-order valence-corrected chi connectivity index (χ4v) is 2.75. The Morgan fingerprint density at radius 1 is 1.26 bits per heavy atom. The number of hydrogen-bond acceptors (Lipinski definition) is 4. The Hall–Kier alpha value is -1.59. The standard InChI is InChI=1S/C18H29NO3Si/c1-18(2,3)23(5,6)22-14-16(15-10-8-7-9-11-15)19-13-12-17(20)21-4/h7-13,16,19H,14H2,1-6H3/b13-12+/t16-/m0/s1. The average Bonchev–Trinajstić information content (AvgIpc) is 2.50. The van der Waals surface area contributed by atoms with E-state index in [1.807, 2.05) is 18.2 Å². The molecule has 0 radical (unpaired) electrons. The van der Waals surface area contributed by atoms with E-state index in [2.05, 4.69) is 56.1 Å². The molecule has 0 aromatic heterocycles. The van der Waals surface area contributed by atoms with Crippen LogP contribution in [0, 0.1) is 0 Å². The number of rotatable bonds is 7. The zero-order chi connectivity index (χ0) is 17.5. The number of benzene rings is 1. The molecule has 1 atom stereocenters. The predicted octanol–water partition coefficient (Wildman–Crippen LogP) is 4.03. The summed E-state index contributed by atoms with van der Waals surface area (Å²) in [4.78, 5) is 11.2. The Kier molecular flexibility index (Phi) is 7.03. The monoisotopic (exact) mass is 335 g/mol. The van der Waals surface area contributed by atoms with Gasteiger partial charge >= 0.3 is 5.97 Å². The summed E-state index contributed by atoms with van der Waals surface area (Å²) >= 11 is 0. The Bertz CT molecular complexity index is 521. The second-order valence-electron chi connectivity index (χ2n) is 7.06. The van der Waals surface area contributed by atoms with Crippen LogP contribution in [0.3, 0.4) is 0 Å². The van der Waals surface area contributed by atoms with Crippen LogP contribution in [0.5, 0.6) is 0 Å². The van der Waals surface area contributed by atoms with E-state index in [-0.39, 0.29) is 17.0 Å². The first kappa shape index (κ1) is 19.5. The van der Waals surface area contributed by atoms with Crippen molar-refractivity contribution in [1.29, 1.82) is 0 Å². The molecule has 1 N–H and O–H groups in total. The summed E-state index contributed by atoms with van der Waals surface area (Å²) in [5.41, 5.74) is 1.13. The quantitative estimate of drug-likeness (QED) is 0.464. The van der Waals surface area contributed by atoms with Crippen LogP contribution in [0.4, 0.5) is 0 Å². The third-order valence-corrected chi connectivity index (χ3v) is 8.84. The fourth-order valence-electron chi connectivity index (χ4n) is 1.73. The van der Waals surface area contributed by atoms with Crippen molar-refractivity contribution in [2.24, 2.45) is 0 Å². The maximum atomic E-state index is 11.2. The Morgan fingerprint density at radius 3 is 2.39 bits per heavy atom. The lowest BCUT2D eigenvalue weighted by atomic mass is 10.1. The minimum Gasteiger partial charge on any atom is -0.466 e. The van der Waals surface area contributed by atoms with E-state index >= 15 is 0 Å². The Balaban J connectivity index is 2.81. The molecule has 4 nitrogen and oxygen atoms in total. The van der Waals surface area contributed by atoms with Gasteiger partial charge in [-0.25, -0.2) is 4.79 Å². The minimum atomic E-state index is -1.82. The molecule has 0 bridgehead atoms. The van der Waals surface area contributed by atoms with Gasteiger partial charge in [0.25, 0.3) is 0 Å². The van der Waals surface area contributed by atoms with Gasteiger partial charge in [-0.1, -0.05) is 51.1 Å². The molecule has 1 rings (SSSR count). The van der Waals surface area contributed by atoms with Crippen molar-refractivity contribution in [1.82, 2.24) is 5.32 Å². The van der Waals surface area contributed by atoms with Gasteiger partial charge in [0, 0.05) is 12.3 Å². The number of carbonyl (C=O) groups is 1. The van der Waals surface area contributed by atoms with Crippen LogP contribution in [-0.4, -0.2) is 28.0 Å². The van der Waals surface area contributed by atoms with Crippen molar-refractivity contribution in [3.63, 3.8) is 0 Å². The van der Waals surface area contributed by atoms with Crippen LogP contribution in [0.25, 0.3) is 0 Å². The van der Waals surface area contributed by atoms with E-state index in [0.29, 0.717) is 6.61 Å². The lowest BCUT2D eigenvalue weighted by Crippen LogP contribution is -2.42. The average molecular weight is 336 g/mol. The fraction of sp³-hybridized carbons (Fsp3) is 0.500. The van der Waals surface area contributed by atoms with Gasteiger partial charge < -0.3 is 14.5 Å². The Labute approximate surface area is 141 Å². The van der Waals surface area contributed by atoms with Gasteiger partial charge in [-0.15, -0.1) is 0 Å². The van der Waals surface area contributed by atoms with Crippen LogP contribution < -0.4 is 5.32 Å². The molecule has 0 aliphatic carbocycles. The highest BCUT2D eigenvalue weighted by Gasteiger charge is 2.37. The van der Waals surface area contributed by atoms with E-state index in [0.717, 1.165) is 5.56 Å². The number of ether oxygens (including phenoxy) is 1. The zero-order valence-corrected chi connectivity index (χ0v) is 16.1. The number of esters is 1. The third-order valence-electron chi connectivity index (χ3n) is 4.34. The molecule has 0 aliphatic heterocycles. The van der Waals surface area contributed by atoms with Crippen molar-refractivity contribution >= 4 is 14.3 Å². The first-order valence-electron chi connectivity index (χ1n) is 7.87. The van der Waals surface area contributed by atoms with Crippen LogP contribution >= 0.6 is 0 Å². The van der Waals surface area contributed by atoms with E-state index in [1.54, 1.807) is 6.20 Å². The summed E-state index contributed by atoms with van der Waals surface area (Å²) in [6.45, 7) is 11.7. The molecule has 0 aliphatic rings. The van der Waals surface area contributed by atoms with Gasteiger partial charge in [0.1, 0.15) is 0 Å². The molecule has 1 aromatic carbocycles. The first-order valence-corrected chi connectivity index (χ1v) is 10.8. The van der Waals surface area contributed by atoms with Gasteiger partial charge in [-0.3, -0.25) is 0 Å². The van der Waals surface area contributed by atoms with Crippen molar-refractivity contribution in [2.45, 2.75) is 44.9 Å².